The number of hydrogen-bond acceptors (Lipinski definition) is 2. The molecule has 0 radical (unpaired) electrons. The molecule has 0 aliphatic carbocycles. The van der Waals surface area contributed by atoms with Crippen LogP contribution < -0.4 is 9.05 Å². The first kappa shape index (κ1) is 22.7. The van der Waals surface area contributed by atoms with Gasteiger partial charge in [-0.2, -0.15) is 0 Å². The molecular weight excluding hydrogens is 478 g/mol. The monoisotopic (exact) mass is 502 g/mol. The third kappa shape index (κ3) is 3.84. The number of benzene rings is 6. The summed E-state index contributed by atoms with van der Waals surface area (Å²) in [4.78, 5) is 0. The molecule has 6 rings (SSSR count). The molecule has 0 aliphatic rings. The van der Waals surface area contributed by atoms with Crippen molar-refractivity contribution in [3.63, 3.8) is 0 Å². The molecule has 0 bridgehead atoms. The van der Waals surface area contributed by atoms with Crippen molar-refractivity contribution in [3.05, 3.63) is 121 Å². The van der Waals surface area contributed by atoms with Gasteiger partial charge in [0, 0.05) is 22.3 Å². The van der Waals surface area contributed by atoms with Crippen LogP contribution in [-0.2, 0) is 0 Å². The fourth-order valence-corrected chi connectivity index (χ4v) is 5.55. The molecule has 2 nitrogen and oxygen atoms in total. The van der Waals surface area contributed by atoms with Crippen LogP contribution in [0.5, 0.6) is 11.5 Å². The van der Waals surface area contributed by atoms with Gasteiger partial charge in [-0.15, -0.1) is 0 Å². The van der Waals surface area contributed by atoms with Crippen LogP contribution >= 0.6 is 18.9 Å². The van der Waals surface area contributed by atoms with E-state index in [1.807, 2.05) is 12.1 Å². The highest BCUT2D eigenvalue weighted by atomic mass is 31.0. The zero-order chi connectivity index (χ0) is 24.5. The van der Waals surface area contributed by atoms with Crippen LogP contribution in [0.25, 0.3) is 54.9 Å². The van der Waals surface area contributed by atoms with E-state index in [1.54, 1.807) is 0 Å². The van der Waals surface area contributed by atoms with Crippen LogP contribution in [0.1, 0.15) is 0 Å². The van der Waals surface area contributed by atoms with E-state index in [2.05, 4.69) is 128 Å². The molecule has 6 aromatic carbocycles. The predicted octanol–water partition coefficient (Wildman–Crippen LogP) is 9.33. The quantitative estimate of drug-likeness (QED) is 0.219. The normalized spacial score (nSPS) is 11.1. The third-order valence-corrected chi connectivity index (χ3v) is 7.13. The van der Waals surface area contributed by atoms with E-state index in [-0.39, 0.29) is 0 Å². The van der Waals surface area contributed by atoms with E-state index in [1.165, 1.54) is 0 Å². The molecule has 0 spiro atoms. The highest BCUT2D eigenvalue weighted by molar-refractivity contribution is 7.10. The van der Waals surface area contributed by atoms with Gasteiger partial charge in [0.25, 0.3) is 0 Å². The smallest absolute Gasteiger partial charge is 0.138 e. The second kappa shape index (κ2) is 9.75. The molecule has 0 amide bonds. The molecule has 0 heterocycles. The van der Waals surface area contributed by atoms with E-state index in [9.17, 15) is 0 Å². The summed E-state index contributed by atoms with van der Waals surface area (Å²) in [5, 5.41) is 4.49. The summed E-state index contributed by atoms with van der Waals surface area (Å²) in [5.74, 6) is 1.59. The molecule has 0 fully saturated rings. The Hall–Kier alpha value is -3.70. The van der Waals surface area contributed by atoms with Crippen LogP contribution in [0.2, 0.25) is 0 Å². The zero-order valence-electron chi connectivity index (χ0n) is 19.5. The summed E-state index contributed by atoms with van der Waals surface area (Å²) < 4.78 is 12.3. The fourth-order valence-electron chi connectivity index (χ4n) is 5.06. The Kier molecular flexibility index (Phi) is 6.16. The Morgan fingerprint density at radius 2 is 0.778 bits per heavy atom. The highest BCUT2D eigenvalue weighted by Crippen LogP contribution is 2.52. The van der Waals surface area contributed by atoms with E-state index in [4.69, 9.17) is 9.05 Å². The van der Waals surface area contributed by atoms with Crippen LogP contribution in [-0.4, -0.2) is 0 Å². The van der Waals surface area contributed by atoms with E-state index >= 15 is 0 Å². The molecule has 0 aliphatic heterocycles. The van der Waals surface area contributed by atoms with Crippen molar-refractivity contribution in [2.45, 2.75) is 0 Å². The maximum atomic E-state index is 6.14. The molecule has 0 saturated heterocycles. The minimum absolute atomic E-state index is 0.795. The summed E-state index contributed by atoms with van der Waals surface area (Å²) in [5.41, 5.74) is 6.27. The van der Waals surface area contributed by atoms with Crippen LogP contribution in [0.15, 0.2) is 121 Å². The molecule has 0 saturated carbocycles. The van der Waals surface area contributed by atoms with Gasteiger partial charge in [-0.3, -0.25) is 0 Å². The van der Waals surface area contributed by atoms with Gasteiger partial charge in [-0.25, -0.2) is 0 Å². The third-order valence-electron chi connectivity index (χ3n) is 6.66. The lowest BCUT2D eigenvalue weighted by Crippen LogP contribution is -1.96. The average Bonchev–Trinajstić information content (AvgIpc) is 2.96. The molecule has 6 aromatic rings. The van der Waals surface area contributed by atoms with Crippen LogP contribution in [0.4, 0.5) is 0 Å². The van der Waals surface area contributed by atoms with E-state index < -0.39 is 0 Å². The number of hydrogen-bond donors (Lipinski definition) is 0. The fraction of sp³-hybridized carbons (Fsp3) is 0. The first-order valence-corrected chi connectivity index (χ1v) is 12.7. The van der Waals surface area contributed by atoms with Crippen molar-refractivity contribution in [1.82, 2.24) is 0 Å². The van der Waals surface area contributed by atoms with Gasteiger partial charge in [-0.1, -0.05) is 109 Å². The molecule has 174 valence electrons. The lowest BCUT2D eigenvalue weighted by atomic mass is 9.86. The lowest BCUT2D eigenvalue weighted by molar-refractivity contribution is 0.642. The van der Waals surface area contributed by atoms with Gasteiger partial charge in [0.05, 0.1) is 18.9 Å². The Morgan fingerprint density at radius 1 is 0.417 bits per heavy atom. The Labute approximate surface area is 215 Å². The van der Waals surface area contributed by atoms with Crippen molar-refractivity contribution in [3.8, 4) is 44.9 Å². The molecule has 0 N–H and O–H groups in total. The lowest BCUT2D eigenvalue weighted by Gasteiger charge is -2.22. The maximum absolute atomic E-state index is 6.14. The Morgan fingerprint density at radius 3 is 1.17 bits per heavy atom. The van der Waals surface area contributed by atoms with Crippen molar-refractivity contribution in [1.29, 1.82) is 0 Å². The molecule has 4 heteroatoms. The summed E-state index contributed by atoms with van der Waals surface area (Å²) >= 11 is 0. The van der Waals surface area contributed by atoms with Crippen molar-refractivity contribution >= 4 is 40.5 Å². The molecular formula is C32H24O2P2. The van der Waals surface area contributed by atoms with Crippen molar-refractivity contribution in [2.75, 3.05) is 0 Å². The minimum atomic E-state index is 0.795. The van der Waals surface area contributed by atoms with Gasteiger partial charge < -0.3 is 9.05 Å². The highest BCUT2D eigenvalue weighted by Gasteiger charge is 2.24. The van der Waals surface area contributed by atoms with E-state index in [0.29, 0.717) is 0 Å². The van der Waals surface area contributed by atoms with Gasteiger partial charge >= 0.3 is 0 Å². The number of rotatable bonds is 5. The summed E-state index contributed by atoms with van der Waals surface area (Å²) in [6.45, 7) is 0. The Balaban J connectivity index is 1.82. The standard InChI is InChI=1S/C32H24O2P2/c35-33-31-27(21-11-3-1-4-12-21)19-23-15-7-9-17-25(23)29(31)30-26-18-10-8-16-24(26)20-28(32(30)34-36)22-13-5-2-6-14-22/h1-20H,35-36H2. The largest absolute Gasteiger partial charge is 0.479 e. The first-order chi connectivity index (χ1) is 17.8. The molecule has 2 atom stereocenters. The maximum Gasteiger partial charge on any atom is 0.138 e. The zero-order valence-corrected chi connectivity index (χ0v) is 21.8. The Bertz CT molecular complexity index is 1570. The average molecular weight is 502 g/mol. The second-order valence-electron chi connectivity index (χ2n) is 8.67. The van der Waals surface area contributed by atoms with Gasteiger partial charge in [-0.05, 0) is 44.8 Å². The van der Waals surface area contributed by atoms with Crippen molar-refractivity contribution in [2.24, 2.45) is 0 Å². The van der Waals surface area contributed by atoms with Gasteiger partial charge in [0.1, 0.15) is 11.5 Å². The summed E-state index contributed by atoms with van der Waals surface area (Å²) in [6, 6.07) is 42.1. The van der Waals surface area contributed by atoms with Crippen LogP contribution in [0.3, 0.4) is 0 Å². The summed E-state index contributed by atoms with van der Waals surface area (Å²) in [7, 11) is 4.94. The SMILES string of the molecule is POc1c(-c2ccccc2)cc2ccccc2c1-c1c(OP)c(-c2ccccc2)cc2ccccc12. The predicted molar refractivity (Wildman–Crippen MR) is 158 cm³/mol. The van der Waals surface area contributed by atoms with E-state index in [0.717, 1.165) is 66.4 Å². The van der Waals surface area contributed by atoms with Gasteiger partial charge in [0.15, 0.2) is 0 Å². The van der Waals surface area contributed by atoms with Crippen molar-refractivity contribution < 1.29 is 9.05 Å². The second-order valence-corrected chi connectivity index (χ2v) is 9.14. The minimum Gasteiger partial charge on any atom is -0.479 e. The van der Waals surface area contributed by atoms with Gasteiger partial charge in [0.2, 0.25) is 0 Å². The first-order valence-electron chi connectivity index (χ1n) is 11.8. The number of fused-ring (bicyclic) bond motifs is 2. The topological polar surface area (TPSA) is 18.5 Å². The van der Waals surface area contributed by atoms with Crippen LogP contribution in [0, 0.1) is 0 Å². The summed E-state index contributed by atoms with van der Waals surface area (Å²) in [6.07, 6.45) is 0. The molecule has 36 heavy (non-hydrogen) atoms. The molecule has 0 aromatic heterocycles. The molecule has 2 unspecified atom stereocenters.